The molecule has 1 fully saturated rings. The van der Waals surface area contributed by atoms with Gasteiger partial charge in [-0.15, -0.1) is 0 Å². The standard InChI is InChI=1S/C18H19ClN2O4S/c1-25-14-7-4-12(5-8-14)16-3-2-10-21(16)18(22)13-6-9-15(19)17(11-13)26(20,23)24/h4-9,11,16H,2-3,10H2,1H3,(H2,20,23,24)/t16-/m0/s1. The van der Waals surface area contributed by atoms with Crippen LogP contribution in [-0.2, 0) is 10.0 Å². The summed E-state index contributed by atoms with van der Waals surface area (Å²) in [5.41, 5.74) is 1.26. The van der Waals surface area contributed by atoms with Gasteiger partial charge in [-0.2, -0.15) is 0 Å². The van der Waals surface area contributed by atoms with Crippen LogP contribution in [0.3, 0.4) is 0 Å². The Labute approximate surface area is 157 Å². The number of nitrogens with two attached hydrogens (primary N) is 1. The Morgan fingerprint density at radius 2 is 1.92 bits per heavy atom. The summed E-state index contributed by atoms with van der Waals surface area (Å²) < 4.78 is 28.5. The van der Waals surface area contributed by atoms with Gasteiger partial charge >= 0.3 is 0 Å². The van der Waals surface area contributed by atoms with E-state index in [0.717, 1.165) is 24.2 Å². The number of sulfonamides is 1. The minimum absolute atomic E-state index is 0.00261. The van der Waals surface area contributed by atoms with Crippen molar-refractivity contribution in [2.45, 2.75) is 23.8 Å². The SMILES string of the molecule is COc1ccc([C@@H]2CCCN2C(=O)c2ccc(Cl)c(S(N)(=O)=O)c2)cc1. The monoisotopic (exact) mass is 394 g/mol. The Kier molecular flexibility index (Phi) is 5.22. The number of amides is 1. The number of likely N-dealkylation sites (tertiary alicyclic amines) is 1. The zero-order chi connectivity index (χ0) is 18.9. The van der Waals surface area contributed by atoms with E-state index in [1.807, 2.05) is 24.3 Å². The molecule has 138 valence electrons. The molecule has 1 amide bonds. The van der Waals surface area contributed by atoms with Crippen molar-refractivity contribution in [2.75, 3.05) is 13.7 Å². The van der Waals surface area contributed by atoms with Crippen LogP contribution in [0, 0.1) is 0 Å². The van der Waals surface area contributed by atoms with Crippen LogP contribution in [0.25, 0.3) is 0 Å². The third-order valence-electron chi connectivity index (χ3n) is 4.50. The number of ether oxygens (including phenoxy) is 1. The van der Waals surface area contributed by atoms with Gasteiger partial charge in [0.1, 0.15) is 10.6 Å². The van der Waals surface area contributed by atoms with Crippen LogP contribution >= 0.6 is 11.6 Å². The Hall–Kier alpha value is -2.09. The van der Waals surface area contributed by atoms with E-state index < -0.39 is 10.0 Å². The molecule has 2 aromatic rings. The first-order valence-corrected chi connectivity index (χ1v) is 10.0. The highest BCUT2D eigenvalue weighted by atomic mass is 35.5. The largest absolute Gasteiger partial charge is 0.497 e. The first-order chi connectivity index (χ1) is 12.3. The highest BCUT2D eigenvalue weighted by molar-refractivity contribution is 7.89. The number of rotatable bonds is 4. The fourth-order valence-electron chi connectivity index (χ4n) is 3.20. The first kappa shape index (κ1) is 18.7. The van der Waals surface area contributed by atoms with E-state index in [1.165, 1.54) is 18.2 Å². The minimum Gasteiger partial charge on any atom is -0.497 e. The molecule has 0 unspecified atom stereocenters. The Bertz CT molecular complexity index is 929. The Balaban J connectivity index is 1.91. The predicted octanol–water partition coefficient (Wildman–Crippen LogP) is 2.97. The van der Waals surface area contributed by atoms with Crippen LogP contribution in [0.2, 0.25) is 5.02 Å². The molecule has 0 aliphatic carbocycles. The van der Waals surface area contributed by atoms with E-state index in [0.29, 0.717) is 6.54 Å². The molecule has 0 aromatic heterocycles. The van der Waals surface area contributed by atoms with E-state index in [-0.39, 0.29) is 27.4 Å². The minimum atomic E-state index is -4.00. The normalized spacial score (nSPS) is 17.3. The summed E-state index contributed by atoms with van der Waals surface area (Å²) in [5.74, 6) is 0.505. The van der Waals surface area contributed by atoms with Crippen LogP contribution < -0.4 is 9.88 Å². The maximum Gasteiger partial charge on any atom is 0.254 e. The quantitative estimate of drug-likeness (QED) is 0.863. The van der Waals surface area contributed by atoms with Crippen LogP contribution in [0.15, 0.2) is 47.4 Å². The third-order valence-corrected chi connectivity index (χ3v) is 5.89. The van der Waals surface area contributed by atoms with Crippen molar-refractivity contribution in [1.29, 1.82) is 0 Å². The molecule has 1 atom stereocenters. The number of primary sulfonamides is 1. The van der Waals surface area contributed by atoms with Crippen LogP contribution in [0.5, 0.6) is 5.75 Å². The molecule has 2 N–H and O–H groups in total. The van der Waals surface area contributed by atoms with Crippen molar-refractivity contribution in [3.8, 4) is 5.75 Å². The molecule has 8 heteroatoms. The van der Waals surface area contributed by atoms with Gasteiger partial charge in [-0.1, -0.05) is 23.7 Å². The summed E-state index contributed by atoms with van der Waals surface area (Å²) in [6.07, 6.45) is 1.71. The van der Waals surface area contributed by atoms with Crippen molar-refractivity contribution in [3.63, 3.8) is 0 Å². The van der Waals surface area contributed by atoms with Crippen molar-refractivity contribution < 1.29 is 17.9 Å². The average Bonchev–Trinajstić information content (AvgIpc) is 3.10. The second kappa shape index (κ2) is 7.26. The lowest BCUT2D eigenvalue weighted by atomic mass is 10.0. The second-order valence-corrected chi connectivity index (χ2v) is 8.06. The topological polar surface area (TPSA) is 89.7 Å². The maximum atomic E-state index is 13.0. The fraction of sp³-hybridized carbons (Fsp3) is 0.278. The molecular weight excluding hydrogens is 376 g/mol. The molecule has 0 saturated carbocycles. The Morgan fingerprint density at radius 3 is 2.54 bits per heavy atom. The molecule has 0 radical (unpaired) electrons. The van der Waals surface area contributed by atoms with E-state index in [4.69, 9.17) is 21.5 Å². The summed E-state index contributed by atoms with van der Waals surface area (Å²) in [7, 11) is -2.40. The van der Waals surface area contributed by atoms with Gasteiger partial charge in [0.15, 0.2) is 0 Å². The third kappa shape index (κ3) is 3.70. The van der Waals surface area contributed by atoms with Crippen LogP contribution in [0.4, 0.5) is 0 Å². The summed E-state index contributed by atoms with van der Waals surface area (Å²) in [4.78, 5) is 14.5. The zero-order valence-electron chi connectivity index (χ0n) is 14.2. The van der Waals surface area contributed by atoms with Crippen molar-refractivity contribution in [2.24, 2.45) is 5.14 Å². The number of carbonyl (C=O) groups is 1. The first-order valence-electron chi connectivity index (χ1n) is 8.08. The molecular formula is C18H19ClN2O4S. The lowest BCUT2D eigenvalue weighted by molar-refractivity contribution is 0.0735. The highest BCUT2D eigenvalue weighted by Crippen LogP contribution is 2.34. The molecule has 1 saturated heterocycles. The van der Waals surface area contributed by atoms with Crippen LogP contribution in [0.1, 0.15) is 34.8 Å². The average molecular weight is 395 g/mol. The zero-order valence-corrected chi connectivity index (χ0v) is 15.8. The van der Waals surface area contributed by atoms with Crippen molar-refractivity contribution in [1.82, 2.24) is 4.90 Å². The molecule has 3 rings (SSSR count). The second-order valence-electron chi connectivity index (χ2n) is 6.12. The summed E-state index contributed by atoms with van der Waals surface area (Å²) >= 11 is 5.90. The maximum absolute atomic E-state index is 13.0. The number of hydrogen-bond acceptors (Lipinski definition) is 4. The lowest BCUT2D eigenvalue weighted by Crippen LogP contribution is -2.30. The number of benzene rings is 2. The van der Waals surface area contributed by atoms with Gasteiger partial charge in [-0.05, 0) is 48.7 Å². The van der Waals surface area contributed by atoms with Gasteiger partial charge in [-0.25, -0.2) is 13.6 Å². The Morgan fingerprint density at radius 1 is 1.23 bits per heavy atom. The lowest BCUT2D eigenvalue weighted by Gasteiger charge is -2.25. The molecule has 26 heavy (non-hydrogen) atoms. The van der Waals surface area contributed by atoms with Gasteiger partial charge in [0, 0.05) is 12.1 Å². The number of methoxy groups -OCH3 is 1. The summed E-state index contributed by atoms with van der Waals surface area (Å²) in [5, 5.41) is 5.17. The van der Waals surface area contributed by atoms with E-state index in [9.17, 15) is 13.2 Å². The highest BCUT2D eigenvalue weighted by Gasteiger charge is 2.31. The molecule has 1 aliphatic heterocycles. The van der Waals surface area contributed by atoms with Gasteiger partial charge in [0.05, 0.1) is 18.2 Å². The molecule has 2 aromatic carbocycles. The van der Waals surface area contributed by atoms with Crippen molar-refractivity contribution >= 4 is 27.5 Å². The summed E-state index contributed by atoms with van der Waals surface area (Å²) in [6.45, 7) is 0.600. The molecule has 1 aliphatic rings. The number of hydrogen-bond donors (Lipinski definition) is 1. The predicted molar refractivity (Wildman–Crippen MR) is 98.8 cm³/mol. The van der Waals surface area contributed by atoms with Gasteiger partial charge < -0.3 is 9.64 Å². The van der Waals surface area contributed by atoms with E-state index >= 15 is 0 Å². The van der Waals surface area contributed by atoms with E-state index in [1.54, 1.807) is 12.0 Å². The fourth-order valence-corrected chi connectivity index (χ4v) is 4.27. The van der Waals surface area contributed by atoms with Crippen molar-refractivity contribution in [3.05, 3.63) is 58.6 Å². The smallest absolute Gasteiger partial charge is 0.254 e. The van der Waals surface area contributed by atoms with E-state index in [2.05, 4.69) is 0 Å². The number of nitrogens with zero attached hydrogens (tertiary/aromatic N) is 1. The van der Waals surface area contributed by atoms with Crippen LogP contribution in [-0.4, -0.2) is 32.9 Å². The van der Waals surface area contributed by atoms with Gasteiger partial charge in [0.25, 0.3) is 5.91 Å². The number of halogens is 1. The van der Waals surface area contributed by atoms with Gasteiger partial charge in [-0.3, -0.25) is 4.79 Å². The summed E-state index contributed by atoms with van der Waals surface area (Å²) in [6, 6.07) is 11.7. The molecule has 0 spiro atoms. The molecule has 0 bridgehead atoms. The molecule has 1 heterocycles. The number of carbonyl (C=O) groups excluding carboxylic acids is 1. The molecule has 6 nitrogen and oxygen atoms in total. The van der Waals surface area contributed by atoms with Gasteiger partial charge in [0.2, 0.25) is 10.0 Å².